The third-order valence-electron chi connectivity index (χ3n) is 1.31. The van der Waals surface area contributed by atoms with E-state index in [0.29, 0.717) is 0 Å². The van der Waals surface area contributed by atoms with E-state index in [-0.39, 0.29) is 0 Å². The van der Waals surface area contributed by atoms with Crippen molar-refractivity contribution < 1.29 is 0 Å². The van der Waals surface area contributed by atoms with Crippen LogP contribution in [0, 0.1) is 0 Å². The average Bonchev–Trinajstić information content (AvgIpc) is 1.89. The van der Waals surface area contributed by atoms with E-state index in [2.05, 4.69) is 9.98 Å². The van der Waals surface area contributed by atoms with Crippen molar-refractivity contribution >= 4 is 11.4 Å². The Bertz CT molecular complexity index is 127. The minimum Gasteiger partial charge on any atom is -0.288 e. The quantitative estimate of drug-likeness (QED) is 0.535. The van der Waals surface area contributed by atoms with E-state index in [0.717, 1.165) is 24.5 Å². The van der Waals surface area contributed by atoms with Gasteiger partial charge in [-0.25, -0.2) is 0 Å². The highest BCUT2D eigenvalue weighted by Crippen LogP contribution is 1.84. The molecule has 2 heteroatoms. The molecule has 0 N–H and O–H groups in total. The molecule has 58 valence electrons. The first-order valence-electron chi connectivity index (χ1n) is 3.74. The Kier molecular flexibility index (Phi) is 4.81. The smallest absolute Gasteiger partial charge is 0.0524 e. The summed E-state index contributed by atoms with van der Waals surface area (Å²) in [5.74, 6) is 0. The molecule has 2 nitrogen and oxygen atoms in total. The van der Waals surface area contributed by atoms with Crippen LogP contribution in [0.3, 0.4) is 0 Å². The molecule has 0 amide bonds. The van der Waals surface area contributed by atoms with Crippen LogP contribution in [0.1, 0.15) is 27.7 Å². The number of nitrogens with zero attached hydrogens (tertiary/aromatic N) is 2. The van der Waals surface area contributed by atoms with Crippen molar-refractivity contribution in [1.82, 2.24) is 0 Å². The van der Waals surface area contributed by atoms with Gasteiger partial charge < -0.3 is 0 Å². The van der Waals surface area contributed by atoms with Crippen LogP contribution in [0.25, 0.3) is 0 Å². The summed E-state index contributed by atoms with van der Waals surface area (Å²) in [7, 11) is 0. The van der Waals surface area contributed by atoms with Crippen LogP contribution < -0.4 is 0 Å². The topological polar surface area (TPSA) is 24.7 Å². The number of hydrogen-bond acceptors (Lipinski definition) is 2. The maximum atomic E-state index is 4.23. The van der Waals surface area contributed by atoms with Crippen LogP contribution >= 0.6 is 0 Å². The zero-order chi connectivity index (χ0) is 7.98. The number of hydrogen-bond donors (Lipinski definition) is 0. The van der Waals surface area contributed by atoms with Gasteiger partial charge in [0.1, 0.15) is 0 Å². The normalized spacial score (nSPS) is 14.0. The zero-order valence-corrected chi connectivity index (χ0v) is 7.31. The molecule has 0 spiro atoms. The highest BCUT2D eigenvalue weighted by molar-refractivity contribution is 6.40. The lowest BCUT2D eigenvalue weighted by atomic mass is 10.3. The molecule has 0 aliphatic rings. The van der Waals surface area contributed by atoms with Gasteiger partial charge in [0.25, 0.3) is 0 Å². The van der Waals surface area contributed by atoms with Gasteiger partial charge in [-0.3, -0.25) is 9.98 Å². The predicted molar refractivity (Wildman–Crippen MR) is 47.3 cm³/mol. The van der Waals surface area contributed by atoms with E-state index in [1.54, 1.807) is 0 Å². The van der Waals surface area contributed by atoms with Crippen LogP contribution in [0.2, 0.25) is 0 Å². The van der Waals surface area contributed by atoms with Crippen molar-refractivity contribution in [3.8, 4) is 0 Å². The molecule has 0 aromatic rings. The Morgan fingerprint density at radius 3 is 1.40 bits per heavy atom. The number of aliphatic imine (C=N–C) groups is 2. The molecule has 0 aromatic heterocycles. The van der Waals surface area contributed by atoms with E-state index in [4.69, 9.17) is 0 Å². The van der Waals surface area contributed by atoms with E-state index in [9.17, 15) is 0 Å². The molecule has 0 saturated heterocycles. The molecule has 0 aliphatic heterocycles. The van der Waals surface area contributed by atoms with Crippen molar-refractivity contribution in [3.05, 3.63) is 0 Å². The second-order valence-corrected chi connectivity index (χ2v) is 2.12. The maximum Gasteiger partial charge on any atom is 0.0524 e. The zero-order valence-electron chi connectivity index (χ0n) is 7.31. The first-order chi connectivity index (χ1) is 4.72. The average molecular weight is 140 g/mol. The molecule has 10 heavy (non-hydrogen) atoms. The SMILES string of the molecule is CC/N=C(C)\C(C)=N/CC. The van der Waals surface area contributed by atoms with Crippen LogP contribution in [0.5, 0.6) is 0 Å². The van der Waals surface area contributed by atoms with Gasteiger partial charge in [-0.2, -0.15) is 0 Å². The fraction of sp³-hybridized carbons (Fsp3) is 0.750. The second-order valence-electron chi connectivity index (χ2n) is 2.12. The van der Waals surface area contributed by atoms with Crippen LogP contribution in [0.4, 0.5) is 0 Å². The van der Waals surface area contributed by atoms with Gasteiger partial charge in [-0.05, 0) is 27.7 Å². The molecule has 0 atom stereocenters. The van der Waals surface area contributed by atoms with E-state index < -0.39 is 0 Å². The first kappa shape index (κ1) is 9.34. The maximum absolute atomic E-state index is 4.23. The largest absolute Gasteiger partial charge is 0.288 e. The standard InChI is InChI=1S/C8H16N2/c1-5-9-7(3)8(4)10-6-2/h5-6H2,1-4H3/b9-7-,10-8-. The third kappa shape index (κ3) is 3.38. The minimum atomic E-state index is 0.850. The lowest BCUT2D eigenvalue weighted by Gasteiger charge is -1.96. The van der Waals surface area contributed by atoms with E-state index in [1.165, 1.54) is 0 Å². The van der Waals surface area contributed by atoms with Crippen molar-refractivity contribution in [1.29, 1.82) is 0 Å². The molecule has 0 unspecified atom stereocenters. The molecular formula is C8H16N2. The van der Waals surface area contributed by atoms with Crippen LogP contribution in [-0.2, 0) is 0 Å². The van der Waals surface area contributed by atoms with Gasteiger partial charge in [-0.15, -0.1) is 0 Å². The lowest BCUT2D eigenvalue weighted by molar-refractivity contribution is 1.11. The molecule has 0 aliphatic carbocycles. The molecule has 0 heterocycles. The molecule has 0 radical (unpaired) electrons. The highest BCUT2D eigenvalue weighted by atomic mass is 14.8. The lowest BCUT2D eigenvalue weighted by Crippen LogP contribution is -2.06. The van der Waals surface area contributed by atoms with Crippen LogP contribution in [-0.4, -0.2) is 24.5 Å². The molecule has 0 aromatic carbocycles. The molecule has 0 rings (SSSR count). The molecule has 0 fully saturated rings. The summed E-state index contributed by atoms with van der Waals surface area (Å²) in [5.41, 5.74) is 2.12. The fourth-order valence-corrected chi connectivity index (χ4v) is 0.703. The summed E-state index contributed by atoms with van der Waals surface area (Å²) in [6.45, 7) is 9.76. The first-order valence-corrected chi connectivity index (χ1v) is 3.74. The van der Waals surface area contributed by atoms with Gasteiger partial charge in [0.05, 0.1) is 11.4 Å². The van der Waals surface area contributed by atoms with Crippen molar-refractivity contribution in [2.45, 2.75) is 27.7 Å². The Labute approximate surface area is 63.1 Å². The Balaban J connectivity index is 4.06. The Morgan fingerprint density at radius 2 is 1.20 bits per heavy atom. The van der Waals surface area contributed by atoms with Crippen molar-refractivity contribution in [3.63, 3.8) is 0 Å². The highest BCUT2D eigenvalue weighted by Gasteiger charge is 1.92. The number of rotatable bonds is 3. The summed E-state index contributed by atoms with van der Waals surface area (Å²) >= 11 is 0. The van der Waals surface area contributed by atoms with Gasteiger partial charge in [-0.1, -0.05) is 0 Å². The van der Waals surface area contributed by atoms with Gasteiger partial charge in [0.15, 0.2) is 0 Å². The molecule has 0 bridgehead atoms. The van der Waals surface area contributed by atoms with E-state index >= 15 is 0 Å². The fourth-order valence-electron chi connectivity index (χ4n) is 0.703. The Hall–Kier alpha value is -0.660. The van der Waals surface area contributed by atoms with Gasteiger partial charge in [0.2, 0.25) is 0 Å². The minimum absolute atomic E-state index is 0.850. The van der Waals surface area contributed by atoms with Crippen molar-refractivity contribution in [2.75, 3.05) is 13.1 Å². The second kappa shape index (κ2) is 5.15. The summed E-state index contributed by atoms with van der Waals surface area (Å²) in [6, 6.07) is 0. The summed E-state index contributed by atoms with van der Waals surface area (Å²) in [6.07, 6.45) is 0. The predicted octanol–water partition coefficient (Wildman–Crippen LogP) is 1.95. The third-order valence-corrected chi connectivity index (χ3v) is 1.31. The monoisotopic (exact) mass is 140 g/mol. The summed E-state index contributed by atoms with van der Waals surface area (Å²) in [4.78, 5) is 8.46. The molecule has 0 saturated carbocycles. The Morgan fingerprint density at radius 1 is 0.900 bits per heavy atom. The summed E-state index contributed by atoms with van der Waals surface area (Å²) in [5, 5.41) is 0. The van der Waals surface area contributed by atoms with Gasteiger partial charge >= 0.3 is 0 Å². The van der Waals surface area contributed by atoms with Gasteiger partial charge in [0, 0.05) is 13.1 Å². The molecular weight excluding hydrogens is 124 g/mol. The van der Waals surface area contributed by atoms with Crippen molar-refractivity contribution in [2.24, 2.45) is 9.98 Å². The van der Waals surface area contributed by atoms with Crippen LogP contribution in [0.15, 0.2) is 9.98 Å². The van der Waals surface area contributed by atoms with E-state index in [1.807, 2.05) is 27.7 Å². The summed E-state index contributed by atoms with van der Waals surface area (Å²) < 4.78 is 0.